The maximum Gasteiger partial charge on any atom is 0.160 e. The van der Waals surface area contributed by atoms with Gasteiger partial charge in [-0.1, -0.05) is 18.2 Å². The second-order valence-electron chi connectivity index (χ2n) is 4.66. The van der Waals surface area contributed by atoms with E-state index in [9.17, 15) is 5.21 Å². The van der Waals surface area contributed by atoms with E-state index in [4.69, 9.17) is 4.74 Å². The molecule has 0 unspecified atom stereocenters. The van der Waals surface area contributed by atoms with Crippen molar-refractivity contribution in [3.63, 3.8) is 0 Å². The molecule has 3 heteroatoms. The number of rotatable bonds is 5. The number of nitrogens with zero attached hydrogens (tertiary/aromatic N) is 1. The normalized spacial score (nSPS) is 22.6. The standard InChI is InChI=1S/C15H19NO2/c1-3-4-5-13-10-16(17)11-15(13)12-6-8-14(18-2)9-7-12/h3,6-10,13,15H,1,4-5,11H2,2H3/t13-,15+/m0/s1. The van der Waals surface area contributed by atoms with E-state index in [1.54, 1.807) is 13.3 Å². The van der Waals surface area contributed by atoms with Crippen LogP contribution in [-0.2, 0) is 0 Å². The Labute approximate surface area is 108 Å². The van der Waals surface area contributed by atoms with Crippen LogP contribution in [0, 0.1) is 11.1 Å². The molecule has 0 fully saturated rings. The number of benzene rings is 1. The van der Waals surface area contributed by atoms with Crippen molar-refractivity contribution in [3.05, 3.63) is 47.7 Å². The SMILES string of the molecule is C=CCC[C@H]1C=[N+]([O-])C[C@@H]1c1ccc(OC)cc1. The highest BCUT2D eigenvalue weighted by Gasteiger charge is 2.32. The van der Waals surface area contributed by atoms with Gasteiger partial charge in [0.1, 0.15) is 5.75 Å². The Morgan fingerprint density at radius 3 is 2.78 bits per heavy atom. The molecule has 0 bridgehead atoms. The van der Waals surface area contributed by atoms with Crippen LogP contribution >= 0.6 is 0 Å². The number of methoxy groups -OCH3 is 1. The summed E-state index contributed by atoms with van der Waals surface area (Å²) in [5.74, 6) is 1.45. The quantitative estimate of drug-likeness (QED) is 0.454. The molecule has 18 heavy (non-hydrogen) atoms. The van der Waals surface area contributed by atoms with Gasteiger partial charge in [-0.05, 0) is 30.5 Å². The fourth-order valence-electron chi connectivity index (χ4n) is 2.50. The molecule has 1 heterocycles. The lowest BCUT2D eigenvalue weighted by molar-refractivity contribution is -0.446. The topological polar surface area (TPSA) is 35.3 Å². The summed E-state index contributed by atoms with van der Waals surface area (Å²) >= 11 is 0. The molecular weight excluding hydrogens is 226 g/mol. The van der Waals surface area contributed by atoms with Gasteiger partial charge in [0.05, 0.1) is 18.9 Å². The highest BCUT2D eigenvalue weighted by molar-refractivity contribution is 5.59. The zero-order valence-electron chi connectivity index (χ0n) is 10.7. The monoisotopic (exact) mass is 245 g/mol. The molecule has 3 nitrogen and oxygen atoms in total. The highest BCUT2D eigenvalue weighted by Crippen LogP contribution is 2.31. The maximum atomic E-state index is 11.5. The van der Waals surface area contributed by atoms with Crippen LogP contribution in [0.15, 0.2) is 36.9 Å². The van der Waals surface area contributed by atoms with Gasteiger partial charge < -0.3 is 9.94 Å². The summed E-state index contributed by atoms with van der Waals surface area (Å²) in [7, 11) is 1.66. The maximum absolute atomic E-state index is 11.5. The Kier molecular flexibility index (Phi) is 4.03. The van der Waals surface area contributed by atoms with Gasteiger partial charge in [0, 0.05) is 0 Å². The Balaban J connectivity index is 2.12. The Bertz CT molecular complexity index is 436. The number of hydrogen-bond acceptors (Lipinski definition) is 2. The van der Waals surface area contributed by atoms with Crippen LogP contribution in [0.2, 0.25) is 0 Å². The molecule has 1 aromatic rings. The summed E-state index contributed by atoms with van der Waals surface area (Å²) < 4.78 is 6.21. The van der Waals surface area contributed by atoms with Crippen molar-refractivity contribution in [2.24, 2.45) is 5.92 Å². The van der Waals surface area contributed by atoms with E-state index in [-0.39, 0.29) is 5.92 Å². The lowest BCUT2D eigenvalue weighted by atomic mass is 9.86. The number of hydroxylamine groups is 1. The zero-order chi connectivity index (χ0) is 13.0. The van der Waals surface area contributed by atoms with E-state index in [1.807, 2.05) is 18.2 Å². The smallest absolute Gasteiger partial charge is 0.160 e. The van der Waals surface area contributed by atoms with E-state index in [2.05, 4.69) is 18.7 Å². The lowest BCUT2D eigenvalue weighted by Crippen LogP contribution is -2.12. The van der Waals surface area contributed by atoms with Crippen LogP contribution in [0.1, 0.15) is 24.3 Å². The molecule has 0 saturated carbocycles. The van der Waals surface area contributed by atoms with Gasteiger partial charge in [-0.2, -0.15) is 0 Å². The van der Waals surface area contributed by atoms with Gasteiger partial charge in [-0.3, -0.25) is 0 Å². The van der Waals surface area contributed by atoms with Crippen molar-refractivity contribution in [3.8, 4) is 5.75 Å². The summed E-state index contributed by atoms with van der Waals surface area (Å²) in [6, 6.07) is 8.01. The summed E-state index contributed by atoms with van der Waals surface area (Å²) in [6.45, 7) is 4.29. The third-order valence-corrected chi connectivity index (χ3v) is 3.50. The molecule has 96 valence electrons. The van der Waals surface area contributed by atoms with Crippen molar-refractivity contribution in [2.75, 3.05) is 13.7 Å². The van der Waals surface area contributed by atoms with Crippen molar-refractivity contribution in [2.45, 2.75) is 18.8 Å². The van der Waals surface area contributed by atoms with Gasteiger partial charge in [0.25, 0.3) is 0 Å². The summed E-state index contributed by atoms with van der Waals surface area (Å²) in [6.07, 6.45) is 5.64. The number of ether oxygens (including phenoxy) is 1. The van der Waals surface area contributed by atoms with Crippen LogP contribution in [-0.4, -0.2) is 24.6 Å². The minimum Gasteiger partial charge on any atom is -0.624 e. The van der Waals surface area contributed by atoms with E-state index in [1.165, 1.54) is 5.56 Å². The fourth-order valence-corrected chi connectivity index (χ4v) is 2.50. The molecule has 1 aliphatic rings. The predicted octanol–water partition coefficient (Wildman–Crippen LogP) is 2.96. The van der Waals surface area contributed by atoms with Gasteiger partial charge in [-0.25, -0.2) is 4.74 Å². The van der Waals surface area contributed by atoms with E-state index >= 15 is 0 Å². The first-order valence-electron chi connectivity index (χ1n) is 6.28. The van der Waals surface area contributed by atoms with Gasteiger partial charge in [-0.15, -0.1) is 6.58 Å². The van der Waals surface area contributed by atoms with Crippen molar-refractivity contribution < 1.29 is 9.48 Å². The average Bonchev–Trinajstić information content (AvgIpc) is 2.77. The fraction of sp³-hybridized carbons (Fsp3) is 0.400. The molecule has 2 rings (SSSR count). The van der Waals surface area contributed by atoms with Gasteiger partial charge in [0.15, 0.2) is 12.8 Å². The molecule has 0 aliphatic carbocycles. The Hall–Kier alpha value is -1.77. The number of allylic oxidation sites excluding steroid dienone is 1. The molecule has 1 aromatic carbocycles. The Morgan fingerprint density at radius 2 is 2.17 bits per heavy atom. The van der Waals surface area contributed by atoms with Crippen LogP contribution in [0.3, 0.4) is 0 Å². The van der Waals surface area contributed by atoms with E-state index in [0.717, 1.165) is 23.3 Å². The summed E-state index contributed by atoms with van der Waals surface area (Å²) in [4.78, 5) is 0. The molecule has 0 aromatic heterocycles. The predicted molar refractivity (Wildman–Crippen MR) is 73.2 cm³/mol. The first kappa shape index (κ1) is 12.7. The second kappa shape index (κ2) is 5.71. The van der Waals surface area contributed by atoms with Crippen molar-refractivity contribution in [1.29, 1.82) is 0 Å². The minimum absolute atomic E-state index is 0.286. The molecule has 0 amide bonds. The number of hydrogen-bond donors (Lipinski definition) is 0. The van der Waals surface area contributed by atoms with Crippen LogP contribution in [0.4, 0.5) is 0 Å². The molecule has 0 spiro atoms. The first-order valence-corrected chi connectivity index (χ1v) is 6.28. The molecule has 1 aliphatic heterocycles. The first-order chi connectivity index (χ1) is 8.74. The van der Waals surface area contributed by atoms with E-state index < -0.39 is 0 Å². The molecule has 2 atom stereocenters. The lowest BCUT2D eigenvalue weighted by Gasteiger charge is -2.15. The van der Waals surface area contributed by atoms with Gasteiger partial charge in [0.2, 0.25) is 0 Å². The summed E-state index contributed by atoms with van der Waals surface area (Å²) in [5.41, 5.74) is 1.21. The van der Waals surface area contributed by atoms with Gasteiger partial charge >= 0.3 is 0 Å². The average molecular weight is 245 g/mol. The summed E-state index contributed by atoms with van der Waals surface area (Å²) in [5, 5.41) is 11.5. The van der Waals surface area contributed by atoms with E-state index in [0.29, 0.717) is 12.5 Å². The van der Waals surface area contributed by atoms with Crippen LogP contribution in [0.5, 0.6) is 5.75 Å². The van der Waals surface area contributed by atoms with Crippen molar-refractivity contribution >= 4 is 6.21 Å². The molecule has 0 saturated heterocycles. The molecular formula is C15H19NO2. The van der Waals surface area contributed by atoms with Crippen LogP contribution in [0.25, 0.3) is 0 Å². The second-order valence-corrected chi connectivity index (χ2v) is 4.66. The van der Waals surface area contributed by atoms with Crippen LogP contribution < -0.4 is 4.74 Å². The molecule has 0 radical (unpaired) electrons. The zero-order valence-corrected chi connectivity index (χ0v) is 10.7. The molecule has 0 N–H and O–H groups in total. The minimum atomic E-state index is 0.286. The third kappa shape index (κ3) is 2.73. The third-order valence-electron chi connectivity index (χ3n) is 3.50. The Morgan fingerprint density at radius 1 is 1.44 bits per heavy atom. The highest BCUT2D eigenvalue weighted by atomic mass is 16.5. The van der Waals surface area contributed by atoms with Crippen molar-refractivity contribution in [1.82, 2.24) is 0 Å². The largest absolute Gasteiger partial charge is 0.624 e.